The Morgan fingerprint density at radius 1 is 0.733 bits per heavy atom. The summed E-state index contributed by atoms with van der Waals surface area (Å²) in [6.07, 6.45) is -0.217. The molecule has 0 aliphatic carbocycles. The standard InChI is InChI=1S/C29H18I6O10/c1-11(2)27(40)43-5-3-4-14-21(26(38)39)15(25(36)37)10-20(44-28(41)16-6-12(30)8-18(32)22(16)34)24(14)45-29(42)17-7-13(31)9-19(33)23(17)35/h6-10H,1,3-5H2,2H3,(H,36,37)(H,38,39). The van der Waals surface area contributed by atoms with Crippen LogP contribution in [0.1, 0.15) is 60.3 Å². The van der Waals surface area contributed by atoms with Crippen LogP contribution in [0, 0.1) is 21.4 Å². The van der Waals surface area contributed by atoms with Crippen molar-refractivity contribution in [3.05, 3.63) is 91.7 Å². The minimum atomic E-state index is -1.61. The number of esters is 3. The van der Waals surface area contributed by atoms with Gasteiger partial charge >= 0.3 is 29.8 Å². The molecule has 0 amide bonds. The molecule has 0 heterocycles. The van der Waals surface area contributed by atoms with Gasteiger partial charge in [-0.3, -0.25) is 0 Å². The van der Waals surface area contributed by atoms with Crippen LogP contribution in [0.15, 0.2) is 42.5 Å². The lowest BCUT2D eigenvalue weighted by atomic mass is 9.95. The van der Waals surface area contributed by atoms with E-state index in [2.05, 4.69) is 51.8 Å². The highest BCUT2D eigenvalue weighted by Gasteiger charge is 2.31. The zero-order valence-electron chi connectivity index (χ0n) is 22.6. The summed E-state index contributed by atoms with van der Waals surface area (Å²) >= 11 is 12.1. The lowest BCUT2D eigenvalue weighted by Crippen LogP contribution is -2.20. The van der Waals surface area contributed by atoms with Crippen LogP contribution in [0.4, 0.5) is 0 Å². The van der Waals surface area contributed by atoms with Gasteiger partial charge in [0.05, 0.1) is 28.9 Å². The van der Waals surface area contributed by atoms with Crippen LogP contribution in [0.5, 0.6) is 11.5 Å². The second kappa shape index (κ2) is 17.0. The van der Waals surface area contributed by atoms with Crippen LogP contribution in [0.2, 0.25) is 0 Å². The molecule has 2 N–H and O–H groups in total. The van der Waals surface area contributed by atoms with Crippen LogP contribution in [0.3, 0.4) is 0 Å². The van der Waals surface area contributed by atoms with Crippen LogP contribution in [-0.4, -0.2) is 46.7 Å². The zero-order chi connectivity index (χ0) is 33.7. The molecule has 16 heteroatoms. The number of carbonyl (C=O) groups excluding carboxylic acids is 3. The molecule has 236 valence electrons. The zero-order valence-corrected chi connectivity index (χ0v) is 35.6. The second-order valence-corrected chi connectivity index (χ2v) is 16.0. The maximum atomic E-state index is 13.6. The Labute approximate surface area is 338 Å². The first-order chi connectivity index (χ1) is 21.0. The van der Waals surface area contributed by atoms with Crippen molar-refractivity contribution in [2.75, 3.05) is 6.61 Å². The fourth-order valence-electron chi connectivity index (χ4n) is 3.78. The number of carboxylic acids is 2. The topological polar surface area (TPSA) is 154 Å². The highest BCUT2D eigenvalue weighted by atomic mass is 127. The van der Waals surface area contributed by atoms with Gasteiger partial charge < -0.3 is 24.4 Å². The second-order valence-electron chi connectivity index (χ2n) is 9.01. The lowest BCUT2D eigenvalue weighted by Gasteiger charge is -2.19. The SMILES string of the molecule is C=C(C)C(=O)OCCCc1c(OC(=O)c2cc(I)cc(I)c2I)c(OC(=O)c2cc(I)cc(I)c2I)cc(C(=O)O)c1C(=O)O. The number of carboxylic acid groups (broad SMARTS) is 2. The van der Waals surface area contributed by atoms with Gasteiger partial charge in [0.25, 0.3) is 0 Å². The van der Waals surface area contributed by atoms with Crippen molar-refractivity contribution in [2.24, 2.45) is 0 Å². The maximum Gasteiger partial charge on any atom is 0.344 e. The predicted octanol–water partition coefficient (Wildman–Crippen LogP) is 8.20. The molecule has 3 rings (SSSR count). The molecular formula is C29H18I6O10. The van der Waals surface area contributed by atoms with Gasteiger partial charge in [0.1, 0.15) is 0 Å². The number of benzene rings is 3. The number of carbonyl (C=O) groups is 5. The summed E-state index contributed by atoms with van der Waals surface area (Å²) in [5, 5.41) is 20.1. The molecule has 45 heavy (non-hydrogen) atoms. The van der Waals surface area contributed by atoms with E-state index in [1.165, 1.54) is 6.92 Å². The van der Waals surface area contributed by atoms with Crippen LogP contribution in [0.25, 0.3) is 0 Å². The first kappa shape index (κ1) is 38.6. The summed E-state index contributed by atoms with van der Waals surface area (Å²) in [6.45, 7) is 4.79. The van der Waals surface area contributed by atoms with Gasteiger partial charge in [-0.15, -0.1) is 0 Å². The van der Waals surface area contributed by atoms with E-state index in [1.807, 2.05) is 102 Å². The summed E-state index contributed by atoms with van der Waals surface area (Å²) in [7, 11) is 0. The molecule has 0 bridgehead atoms. The van der Waals surface area contributed by atoms with Crippen LogP contribution < -0.4 is 9.47 Å². The van der Waals surface area contributed by atoms with E-state index < -0.39 is 52.5 Å². The van der Waals surface area contributed by atoms with Crippen molar-refractivity contribution < 1.29 is 48.4 Å². The van der Waals surface area contributed by atoms with E-state index in [0.29, 0.717) is 7.14 Å². The summed E-state index contributed by atoms with van der Waals surface area (Å²) < 4.78 is 20.7. The van der Waals surface area contributed by atoms with Gasteiger partial charge in [-0.05, 0) is 180 Å². The maximum absolute atomic E-state index is 13.6. The smallest absolute Gasteiger partial charge is 0.344 e. The molecule has 3 aromatic carbocycles. The quantitative estimate of drug-likeness (QED) is 0.0480. The molecule has 0 saturated carbocycles. The third-order valence-corrected chi connectivity index (χ3v) is 13.1. The Morgan fingerprint density at radius 3 is 1.71 bits per heavy atom. The van der Waals surface area contributed by atoms with Gasteiger partial charge in [-0.25, -0.2) is 24.0 Å². The lowest BCUT2D eigenvalue weighted by molar-refractivity contribution is -0.139. The van der Waals surface area contributed by atoms with Crippen molar-refractivity contribution in [3.8, 4) is 11.5 Å². The number of hydrogen-bond acceptors (Lipinski definition) is 8. The highest BCUT2D eigenvalue weighted by Crippen LogP contribution is 2.39. The molecule has 0 aromatic heterocycles. The summed E-state index contributed by atoms with van der Waals surface area (Å²) in [5.41, 5.74) is -1.11. The average Bonchev–Trinajstić information content (AvgIpc) is 2.95. The molecular weight excluding hydrogens is 1270 g/mol. The van der Waals surface area contributed by atoms with Gasteiger partial charge in [-0.2, -0.15) is 0 Å². The largest absolute Gasteiger partial charge is 0.478 e. The third kappa shape index (κ3) is 9.84. The van der Waals surface area contributed by atoms with E-state index in [1.54, 1.807) is 12.1 Å². The molecule has 10 nitrogen and oxygen atoms in total. The normalized spacial score (nSPS) is 10.6. The molecule has 0 radical (unpaired) electrons. The van der Waals surface area contributed by atoms with Gasteiger partial charge in [0.2, 0.25) is 0 Å². The molecule has 0 saturated heterocycles. The van der Waals surface area contributed by atoms with Gasteiger partial charge in [0, 0.05) is 38.6 Å². The van der Waals surface area contributed by atoms with E-state index in [9.17, 15) is 34.2 Å². The molecule has 0 unspecified atom stereocenters. The summed E-state index contributed by atoms with van der Waals surface area (Å²) in [5.74, 6) is -6.58. The average molecular weight is 1290 g/mol. The number of aromatic carboxylic acids is 2. The van der Waals surface area contributed by atoms with Crippen molar-refractivity contribution >= 4 is 165 Å². The number of ether oxygens (including phenoxy) is 3. The Balaban J connectivity index is 2.25. The van der Waals surface area contributed by atoms with E-state index in [4.69, 9.17) is 14.2 Å². The number of hydrogen-bond donors (Lipinski definition) is 2. The van der Waals surface area contributed by atoms with Crippen molar-refractivity contribution in [2.45, 2.75) is 19.8 Å². The fraction of sp³-hybridized carbons (Fsp3) is 0.138. The molecule has 0 aliphatic heterocycles. The predicted molar refractivity (Wildman–Crippen MR) is 214 cm³/mol. The molecule has 0 spiro atoms. The monoisotopic (exact) mass is 1290 g/mol. The first-order valence-corrected chi connectivity index (χ1v) is 18.7. The van der Waals surface area contributed by atoms with Crippen LogP contribution in [-0.2, 0) is 16.0 Å². The third-order valence-electron chi connectivity index (χ3n) is 5.76. The minimum Gasteiger partial charge on any atom is -0.478 e. The van der Waals surface area contributed by atoms with Crippen molar-refractivity contribution in [3.63, 3.8) is 0 Å². The Hall–Kier alpha value is -0.870. The molecule has 3 aromatic rings. The highest BCUT2D eigenvalue weighted by molar-refractivity contribution is 14.1. The molecule has 0 fully saturated rings. The van der Waals surface area contributed by atoms with Gasteiger partial charge in [0.15, 0.2) is 11.5 Å². The Kier molecular flexibility index (Phi) is 14.6. The summed E-state index contributed by atoms with van der Waals surface area (Å²) in [4.78, 5) is 63.8. The van der Waals surface area contributed by atoms with Crippen molar-refractivity contribution in [1.82, 2.24) is 0 Å². The van der Waals surface area contributed by atoms with E-state index >= 15 is 0 Å². The summed E-state index contributed by atoms with van der Waals surface area (Å²) in [6, 6.07) is 7.70. The Bertz CT molecular complexity index is 1770. The van der Waals surface area contributed by atoms with E-state index in [-0.39, 0.29) is 41.7 Å². The van der Waals surface area contributed by atoms with Gasteiger partial charge in [-0.1, -0.05) is 6.58 Å². The fourth-order valence-corrected chi connectivity index (χ4v) is 8.53. The van der Waals surface area contributed by atoms with E-state index in [0.717, 1.165) is 20.3 Å². The molecule has 0 aliphatic rings. The van der Waals surface area contributed by atoms with Crippen LogP contribution >= 0.6 is 136 Å². The number of halogens is 6. The van der Waals surface area contributed by atoms with Crippen molar-refractivity contribution in [1.29, 1.82) is 0 Å². The number of rotatable bonds is 11. The Morgan fingerprint density at radius 2 is 1.24 bits per heavy atom. The molecule has 0 atom stereocenters. The minimum absolute atomic E-state index is 0.00590. The first-order valence-electron chi connectivity index (χ1n) is 12.3.